The molecule has 1 heterocycles. The Morgan fingerprint density at radius 1 is 1.33 bits per heavy atom. The van der Waals surface area contributed by atoms with Gasteiger partial charge in [0.1, 0.15) is 0 Å². The van der Waals surface area contributed by atoms with E-state index in [0.717, 1.165) is 6.42 Å². The fourth-order valence-corrected chi connectivity index (χ4v) is 2.79. The molecule has 1 N–H and O–H groups in total. The van der Waals surface area contributed by atoms with Crippen molar-refractivity contribution in [3.63, 3.8) is 0 Å². The molecular formula is C13H21NO4. The smallest absolute Gasteiger partial charge is 0.324 e. The zero-order chi connectivity index (χ0) is 13.2. The van der Waals surface area contributed by atoms with Gasteiger partial charge in [0.2, 0.25) is 5.91 Å². The second-order valence-electron chi connectivity index (χ2n) is 5.55. The summed E-state index contributed by atoms with van der Waals surface area (Å²) in [6.45, 7) is 0.669. The van der Waals surface area contributed by atoms with E-state index in [1.807, 2.05) is 0 Å². The maximum Gasteiger partial charge on any atom is 0.324 e. The number of carbonyl (C=O) groups is 2. The molecule has 0 aromatic rings. The summed E-state index contributed by atoms with van der Waals surface area (Å²) in [5.74, 6) is -0.663. The maximum atomic E-state index is 12.2. The average molecular weight is 255 g/mol. The van der Waals surface area contributed by atoms with E-state index in [-0.39, 0.29) is 19.1 Å². The van der Waals surface area contributed by atoms with Crippen molar-refractivity contribution >= 4 is 11.9 Å². The highest BCUT2D eigenvalue weighted by molar-refractivity contribution is 6.03. The molecule has 0 radical (unpaired) electrons. The van der Waals surface area contributed by atoms with Crippen molar-refractivity contribution < 1.29 is 19.4 Å². The van der Waals surface area contributed by atoms with Crippen LogP contribution in [-0.2, 0) is 14.3 Å². The van der Waals surface area contributed by atoms with Gasteiger partial charge in [-0.2, -0.15) is 0 Å². The van der Waals surface area contributed by atoms with Gasteiger partial charge in [-0.15, -0.1) is 0 Å². The zero-order valence-corrected chi connectivity index (χ0v) is 10.9. The van der Waals surface area contributed by atoms with Gasteiger partial charge in [0.05, 0.1) is 13.2 Å². The Morgan fingerprint density at radius 2 is 1.94 bits per heavy atom. The number of carboxylic acids is 1. The monoisotopic (exact) mass is 255 g/mol. The molecule has 1 saturated carbocycles. The van der Waals surface area contributed by atoms with Gasteiger partial charge in [-0.1, -0.05) is 25.7 Å². The lowest BCUT2D eigenvalue weighted by Crippen LogP contribution is -2.59. The first-order chi connectivity index (χ1) is 8.56. The van der Waals surface area contributed by atoms with Gasteiger partial charge in [0, 0.05) is 13.6 Å². The molecule has 0 aromatic carbocycles. The lowest BCUT2D eigenvalue weighted by molar-refractivity contribution is -0.190. The first-order valence-corrected chi connectivity index (χ1v) is 6.63. The predicted molar refractivity (Wildman–Crippen MR) is 65.1 cm³/mol. The molecule has 0 unspecified atom stereocenters. The van der Waals surface area contributed by atoms with E-state index in [4.69, 9.17) is 9.84 Å². The molecule has 5 nitrogen and oxygen atoms in total. The number of hydrogen-bond donors (Lipinski definition) is 1. The summed E-state index contributed by atoms with van der Waals surface area (Å²) in [4.78, 5) is 24.9. The van der Waals surface area contributed by atoms with Gasteiger partial charge in [-0.05, 0) is 12.3 Å². The van der Waals surface area contributed by atoms with Crippen LogP contribution < -0.4 is 0 Å². The van der Waals surface area contributed by atoms with Crippen LogP contribution in [0.25, 0.3) is 0 Å². The molecular weight excluding hydrogens is 234 g/mol. The Kier molecular flexibility index (Phi) is 3.90. The van der Waals surface area contributed by atoms with E-state index in [2.05, 4.69) is 0 Å². The van der Waals surface area contributed by atoms with Crippen LogP contribution in [0, 0.1) is 11.3 Å². The first-order valence-electron chi connectivity index (χ1n) is 6.63. The molecule has 1 aliphatic heterocycles. The molecule has 102 valence electrons. The van der Waals surface area contributed by atoms with Crippen LogP contribution in [0.1, 0.15) is 32.1 Å². The van der Waals surface area contributed by atoms with Crippen molar-refractivity contribution in [2.45, 2.75) is 32.1 Å². The summed E-state index contributed by atoms with van der Waals surface area (Å²) < 4.78 is 4.92. The van der Waals surface area contributed by atoms with E-state index in [0.29, 0.717) is 12.5 Å². The molecule has 18 heavy (non-hydrogen) atoms. The third-order valence-electron chi connectivity index (χ3n) is 4.21. The molecule has 0 bridgehead atoms. The first kappa shape index (κ1) is 13.3. The van der Waals surface area contributed by atoms with E-state index < -0.39 is 11.4 Å². The van der Waals surface area contributed by atoms with Crippen LogP contribution in [0.15, 0.2) is 0 Å². The van der Waals surface area contributed by atoms with Crippen molar-refractivity contribution in [3.05, 3.63) is 0 Å². The normalized spacial score (nSPS) is 22.5. The van der Waals surface area contributed by atoms with E-state index in [9.17, 15) is 9.59 Å². The predicted octanol–water partition coefficient (Wildman–Crippen LogP) is 1.13. The van der Waals surface area contributed by atoms with E-state index in [1.54, 1.807) is 11.9 Å². The molecule has 0 spiro atoms. The van der Waals surface area contributed by atoms with Crippen LogP contribution in [0.5, 0.6) is 0 Å². The number of hydrogen-bond acceptors (Lipinski definition) is 3. The van der Waals surface area contributed by atoms with Crippen molar-refractivity contribution in [1.82, 2.24) is 4.90 Å². The summed E-state index contributed by atoms with van der Waals surface area (Å²) in [6, 6.07) is 0. The highest BCUT2D eigenvalue weighted by atomic mass is 16.5. The number of amides is 1. The standard InChI is InChI=1S/C13H21NO4/c1-14(7-6-10-4-2-3-5-10)11(15)13(12(16)17)8-18-9-13/h10H,2-9H2,1H3,(H,16,17). The van der Waals surface area contributed by atoms with Crippen LogP contribution in [0.2, 0.25) is 0 Å². The average Bonchev–Trinajstić information content (AvgIpc) is 2.76. The third kappa shape index (κ3) is 2.36. The Hall–Kier alpha value is -1.10. The van der Waals surface area contributed by atoms with Crippen LogP contribution in [0.4, 0.5) is 0 Å². The molecule has 2 fully saturated rings. The number of aliphatic carboxylic acids is 1. The van der Waals surface area contributed by atoms with Gasteiger partial charge in [-0.25, -0.2) is 0 Å². The molecule has 1 saturated heterocycles. The minimum absolute atomic E-state index is 0.00886. The Labute approximate surface area is 107 Å². The molecule has 0 aromatic heterocycles. The number of carbonyl (C=O) groups excluding carboxylic acids is 1. The van der Waals surface area contributed by atoms with Crippen molar-refractivity contribution in [2.24, 2.45) is 11.3 Å². The van der Waals surface area contributed by atoms with Gasteiger partial charge in [0.15, 0.2) is 5.41 Å². The lowest BCUT2D eigenvalue weighted by Gasteiger charge is -2.38. The number of rotatable bonds is 5. The zero-order valence-electron chi connectivity index (χ0n) is 10.9. The van der Waals surface area contributed by atoms with Crippen molar-refractivity contribution in [3.8, 4) is 0 Å². The summed E-state index contributed by atoms with van der Waals surface area (Å²) in [5, 5.41) is 9.16. The maximum absolute atomic E-state index is 12.2. The number of carboxylic acid groups (broad SMARTS) is 1. The van der Waals surface area contributed by atoms with Gasteiger partial charge < -0.3 is 14.7 Å². The van der Waals surface area contributed by atoms with Gasteiger partial charge in [-0.3, -0.25) is 9.59 Å². The Bertz CT molecular complexity index is 332. The lowest BCUT2D eigenvalue weighted by atomic mass is 9.84. The quantitative estimate of drug-likeness (QED) is 0.748. The molecule has 1 aliphatic carbocycles. The number of nitrogens with zero attached hydrogens (tertiary/aromatic N) is 1. The second-order valence-corrected chi connectivity index (χ2v) is 5.55. The van der Waals surface area contributed by atoms with Gasteiger partial charge >= 0.3 is 5.97 Å². The van der Waals surface area contributed by atoms with Crippen molar-refractivity contribution in [2.75, 3.05) is 26.8 Å². The minimum Gasteiger partial charge on any atom is -0.480 e. The molecule has 2 aliphatic rings. The third-order valence-corrected chi connectivity index (χ3v) is 4.21. The fourth-order valence-electron chi connectivity index (χ4n) is 2.79. The highest BCUT2D eigenvalue weighted by Crippen LogP contribution is 2.31. The topological polar surface area (TPSA) is 66.8 Å². The Balaban J connectivity index is 1.85. The largest absolute Gasteiger partial charge is 0.480 e. The second kappa shape index (κ2) is 5.26. The van der Waals surface area contributed by atoms with E-state index >= 15 is 0 Å². The summed E-state index contributed by atoms with van der Waals surface area (Å²) in [7, 11) is 1.69. The molecule has 2 rings (SSSR count). The van der Waals surface area contributed by atoms with Crippen LogP contribution in [0.3, 0.4) is 0 Å². The minimum atomic E-state index is -1.32. The molecule has 5 heteroatoms. The van der Waals surface area contributed by atoms with Crippen LogP contribution >= 0.6 is 0 Å². The van der Waals surface area contributed by atoms with Crippen molar-refractivity contribution in [1.29, 1.82) is 0 Å². The number of ether oxygens (including phenoxy) is 1. The molecule has 1 amide bonds. The SMILES string of the molecule is CN(CCC1CCCC1)C(=O)C1(C(=O)O)COC1. The van der Waals surface area contributed by atoms with Crippen LogP contribution in [-0.4, -0.2) is 48.7 Å². The van der Waals surface area contributed by atoms with Gasteiger partial charge in [0.25, 0.3) is 0 Å². The fraction of sp³-hybridized carbons (Fsp3) is 0.846. The summed E-state index contributed by atoms with van der Waals surface area (Å²) in [5.41, 5.74) is -1.32. The Morgan fingerprint density at radius 3 is 2.39 bits per heavy atom. The summed E-state index contributed by atoms with van der Waals surface area (Å²) >= 11 is 0. The van der Waals surface area contributed by atoms with E-state index in [1.165, 1.54) is 25.7 Å². The summed E-state index contributed by atoms with van der Waals surface area (Å²) in [6.07, 6.45) is 6.05. The highest BCUT2D eigenvalue weighted by Gasteiger charge is 2.54. The molecule has 0 atom stereocenters.